The maximum atomic E-state index is 14.1. The summed E-state index contributed by atoms with van der Waals surface area (Å²) in [5.74, 6) is -4.15. The number of hydrogen-bond acceptors (Lipinski definition) is 6. The third kappa shape index (κ3) is 7.05. The van der Waals surface area contributed by atoms with Crippen molar-refractivity contribution in [3.63, 3.8) is 0 Å². The van der Waals surface area contributed by atoms with Crippen LogP contribution >= 0.6 is 11.8 Å². The standard InChI is InChI=1S/C20H25F3N2O5S/c1-20(2,3)30-19(28)24-12(7-11-8-14(22)15(23)10-13(11)21)9-16(26)25-5-6-31-17(25)18(27)29-4/h8,10,12,17H,5-7,9H2,1-4H3,(H,24,28). The summed E-state index contributed by atoms with van der Waals surface area (Å²) in [7, 11) is 1.21. The first-order valence-corrected chi connectivity index (χ1v) is 10.6. The molecule has 1 N–H and O–H groups in total. The van der Waals surface area contributed by atoms with Crippen molar-refractivity contribution in [2.24, 2.45) is 0 Å². The SMILES string of the molecule is COC(=O)C1SCCN1C(=O)CC(Cc1cc(F)c(F)cc1F)NC(=O)OC(C)(C)C. The average Bonchev–Trinajstić information content (AvgIpc) is 3.13. The first kappa shape index (κ1) is 24.8. The number of rotatable bonds is 6. The van der Waals surface area contributed by atoms with Crippen molar-refractivity contribution in [2.75, 3.05) is 19.4 Å². The average molecular weight is 462 g/mol. The number of hydrogen-bond donors (Lipinski definition) is 1. The molecule has 1 heterocycles. The molecule has 172 valence electrons. The minimum atomic E-state index is -1.34. The molecule has 2 amide bonds. The number of nitrogens with zero attached hydrogens (tertiary/aromatic N) is 1. The Kier molecular flexibility index (Phi) is 8.21. The van der Waals surface area contributed by atoms with Crippen LogP contribution in [0.25, 0.3) is 0 Å². The van der Waals surface area contributed by atoms with Crippen LogP contribution in [-0.2, 0) is 25.5 Å². The minimum absolute atomic E-state index is 0.215. The van der Waals surface area contributed by atoms with Gasteiger partial charge >= 0.3 is 12.1 Å². The molecule has 0 aromatic heterocycles. The van der Waals surface area contributed by atoms with Gasteiger partial charge < -0.3 is 19.7 Å². The van der Waals surface area contributed by atoms with Gasteiger partial charge in [0.1, 0.15) is 11.4 Å². The van der Waals surface area contributed by atoms with Gasteiger partial charge in [0.15, 0.2) is 17.0 Å². The molecule has 0 spiro atoms. The second kappa shape index (κ2) is 10.3. The fourth-order valence-electron chi connectivity index (χ4n) is 2.98. The first-order valence-electron chi connectivity index (χ1n) is 9.53. The molecule has 0 bridgehead atoms. The zero-order valence-electron chi connectivity index (χ0n) is 17.7. The van der Waals surface area contributed by atoms with Gasteiger partial charge in [-0.25, -0.2) is 22.8 Å². The predicted octanol–water partition coefficient (Wildman–Crippen LogP) is 3.00. The van der Waals surface area contributed by atoms with Crippen molar-refractivity contribution in [3.05, 3.63) is 35.1 Å². The topological polar surface area (TPSA) is 84.9 Å². The van der Waals surface area contributed by atoms with E-state index in [0.717, 1.165) is 0 Å². The molecule has 11 heteroatoms. The summed E-state index contributed by atoms with van der Waals surface area (Å²) in [6, 6.07) is 0.0918. The number of benzene rings is 1. The number of halogens is 3. The van der Waals surface area contributed by atoms with E-state index in [2.05, 4.69) is 5.32 Å². The number of thioether (sulfide) groups is 1. The van der Waals surface area contributed by atoms with Crippen LogP contribution in [0.4, 0.5) is 18.0 Å². The van der Waals surface area contributed by atoms with Gasteiger partial charge in [-0.2, -0.15) is 0 Å². The molecule has 7 nitrogen and oxygen atoms in total. The number of alkyl carbamates (subject to hydrolysis) is 1. The molecule has 1 aliphatic rings. The summed E-state index contributed by atoms with van der Waals surface area (Å²) >= 11 is 1.24. The van der Waals surface area contributed by atoms with Crippen LogP contribution in [-0.4, -0.2) is 59.3 Å². The van der Waals surface area contributed by atoms with E-state index in [1.165, 1.54) is 23.8 Å². The fourth-order valence-corrected chi connectivity index (χ4v) is 4.14. The van der Waals surface area contributed by atoms with Crippen molar-refractivity contribution >= 4 is 29.7 Å². The molecular formula is C20H25F3N2O5S. The van der Waals surface area contributed by atoms with Gasteiger partial charge in [-0.05, 0) is 38.8 Å². The second-order valence-electron chi connectivity index (χ2n) is 7.94. The van der Waals surface area contributed by atoms with Crippen LogP contribution in [0.1, 0.15) is 32.8 Å². The fraction of sp³-hybridized carbons (Fsp3) is 0.550. The molecule has 1 saturated heterocycles. The lowest BCUT2D eigenvalue weighted by Crippen LogP contribution is -2.46. The van der Waals surface area contributed by atoms with Gasteiger partial charge in [0.2, 0.25) is 5.91 Å². The molecule has 31 heavy (non-hydrogen) atoms. The Labute approximate surface area is 182 Å². The van der Waals surface area contributed by atoms with Crippen LogP contribution in [0.3, 0.4) is 0 Å². The van der Waals surface area contributed by atoms with Crippen molar-refractivity contribution in [3.8, 4) is 0 Å². The molecule has 1 fully saturated rings. The van der Waals surface area contributed by atoms with E-state index >= 15 is 0 Å². The molecule has 1 aromatic rings. The summed E-state index contributed by atoms with van der Waals surface area (Å²) in [5.41, 5.74) is -1.04. The van der Waals surface area contributed by atoms with E-state index < -0.39 is 52.4 Å². The Morgan fingerprint density at radius 1 is 1.19 bits per heavy atom. The number of esters is 1. The predicted molar refractivity (Wildman–Crippen MR) is 108 cm³/mol. The lowest BCUT2D eigenvalue weighted by Gasteiger charge is -2.26. The Morgan fingerprint density at radius 3 is 2.45 bits per heavy atom. The van der Waals surface area contributed by atoms with E-state index in [-0.39, 0.29) is 18.4 Å². The van der Waals surface area contributed by atoms with Gasteiger partial charge in [0.25, 0.3) is 0 Å². The molecule has 0 aliphatic carbocycles. The summed E-state index contributed by atoms with van der Waals surface area (Å²) < 4.78 is 50.9. The zero-order chi connectivity index (χ0) is 23.3. The van der Waals surface area contributed by atoms with Crippen molar-refractivity contribution in [1.29, 1.82) is 0 Å². The summed E-state index contributed by atoms with van der Waals surface area (Å²) in [6.07, 6.45) is -1.46. The lowest BCUT2D eigenvalue weighted by atomic mass is 10.0. The Balaban J connectivity index is 2.21. The normalized spacial score (nSPS) is 17.3. The van der Waals surface area contributed by atoms with E-state index in [4.69, 9.17) is 9.47 Å². The molecule has 0 saturated carbocycles. The molecule has 0 radical (unpaired) electrons. The maximum Gasteiger partial charge on any atom is 0.407 e. The maximum absolute atomic E-state index is 14.1. The Bertz CT molecular complexity index is 847. The highest BCUT2D eigenvalue weighted by Gasteiger charge is 2.36. The van der Waals surface area contributed by atoms with E-state index in [1.54, 1.807) is 20.8 Å². The zero-order valence-corrected chi connectivity index (χ0v) is 18.5. The number of methoxy groups -OCH3 is 1. The van der Waals surface area contributed by atoms with Crippen LogP contribution in [0.5, 0.6) is 0 Å². The van der Waals surface area contributed by atoms with Crippen LogP contribution < -0.4 is 5.32 Å². The molecular weight excluding hydrogens is 437 g/mol. The second-order valence-corrected chi connectivity index (χ2v) is 9.13. The summed E-state index contributed by atoms with van der Waals surface area (Å²) in [6.45, 7) is 5.22. The van der Waals surface area contributed by atoms with Crippen molar-refractivity contribution in [2.45, 2.75) is 50.6 Å². The van der Waals surface area contributed by atoms with Gasteiger partial charge in [-0.1, -0.05) is 0 Å². The lowest BCUT2D eigenvalue weighted by molar-refractivity contribution is -0.148. The van der Waals surface area contributed by atoms with Gasteiger partial charge in [0.05, 0.1) is 7.11 Å². The summed E-state index contributed by atoms with van der Waals surface area (Å²) in [4.78, 5) is 38.3. The summed E-state index contributed by atoms with van der Waals surface area (Å²) in [5, 5.41) is 1.66. The number of amides is 2. The van der Waals surface area contributed by atoms with Crippen molar-refractivity contribution in [1.82, 2.24) is 10.2 Å². The highest BCUT2D eigenvalue weighted by Crippen LogP contribution is 2.26. The number of ether oxygens (including phenoxy) is 2. The molecule has 2 unspecified atom stereocenters. The third-order valence-corrected chi connectivity index (χ3v) is 5.49. The Morgan fingerprint density at radius 2 is 1.84 bits per heavy atom. The molecule has 2 atom stereocenters. The highest BCUT2D eigenvalue weighted by molar-refractivity contribution is 8.00. The van der Waals surface area contributed by atoms with Gasteiger partial charge in [-0.15, -0.1) is 11.8 Å². The van der Waals surface area contributed by atoms with E-state index in [0.29, 0.717) is 24.4 Å². The number of carbonyl (C=O) groups excluding carboxylic acids is 3. The van der Waals surface area contributed by atoms with E-state index in [1.807, 2.05) is 0 Å². The molecule has 1 aromatic carbocycles. The number of nitrogens with one attached hydrogen (secondary N) is 1. The highest BCUT2D eigenvalue weighted by atomic mass is 32.2. The van der Waals surface area contributed by atoms with Crippen LogP contribution in [0.2, 0.25) is 0 Å². The van der Waals surface area contributed by atoms with Gasteiger partial charge in [0, 0.05) is 30.8 Å². The smallest absolute Gasteiger partial charge is 0.407 e. The molecule has 1 aliphatic heterocycles. The molecule has 2 rings (SSSR count). The largest absolute Gasteiger partial charge is 0.467 e. The van der Waals surface area contributed by atoms with Gasteiger partial charge in [-0.3, -0.25) is 4.79 Å². The Hall–Kier alpha value is -2.43. The third-order valence-electron chi connectivity index (χ3n) is 4.31. The van der Waals surface area contributed by atoms with E-state index in [9.17, 15) is 27.6 Å². The quantitative estimate of drug-likeness (QED) is 0.517. The monoisotopic (exact) mass is 462 g/mol. The van der Waals surface area contributed by atoms with Crippen molar-refractivity contribution < 1.29 is 37.0 Å². The van der Waals surface area contributed by atoms with Crippen LogP contribution in [0.15, 0.2) is 12.1 Å². The number of carbonyl (C=O) groups is 3. The minimum Gasteiger partial charge on any atom is -0.467 e. The van der Waals surface area contributed by atoms with Crippen LogP contribution in [0, 0.1) is 17.5 Å². The first-order chi connectivity index (χ1) is 14.4.